The van der Waals surface area contributed by atoms with Crippen LogP contribution in [0.4, 0.5) is 0 Å². The molecule has 0 aliphatic carbocycles. The minimum atomic E-state index is -0.0944. The summed E-state index contributed by atoms with van der Waals surface area (Å²) in [6, 6.07) is 2.59. The van der Waals surface area contributed by atoms with E-state index in [1.165, 1.54) is 12.1 Å². The lowest BCUT2D eigenvalue weighted by atomic mass is 10.0. The molecular weight excluding hydrogens is 172 g/mol. The van der Waals surface area contributed by atoms with Gasteiger partial charge in [0.2, 0.25) is 0 Å². The molecule has 2 N–H and O–H groups in total. The third-order valence-electron chi connectivity index (χ3n) is 1.93. The van der Waals surface area contributed by atoms with E-state index in [1.807, 2.05) is 0 Å². The van der Waals surface area contributed by atoms with Crippen LogP contribution in [-0.4, -0.2) is 22.6 Å². The van der Waals surface area contributed by atoms with Gasteiger partial charge in [0.15, 0.2) is 5.78 Å². The SMILES string of the molecule is O=C1COc2cc(O)cc(O)c2C1. The Kier molecular flexibility index (Phi) is 1.62. The second kappa shape index (κ2) is 2.65. The number of carbonyl (C=O) groups excluding carboxylic acids is 1. The van der Waals surface area contributed by atoms with Crippen LogP contribution in [0.2, 0.25) is 0 Å². The lowest BCUT2D eigenvalue weighted by molar-refractivity contribution is -0.121. The van der Waals surface area contributed by atoms with Gasteiger partial charge in [0.1, 0.15) is 23.9 Å². The lowest BCUT2D eigenvalue weighted by Gasteiger charge is -2.17. The van der Waals surface area contributed by atoms with Gasteiger partial charge in [-0.15, -0.1) is 0 Å². The molecule has 0 spiro atoms. The van der Waals surface area contributed by atoms with E-state index < -0.39 is 0 Å². The summed E-state index contributed by atoms with van der Waals surface area (Å²) in [5.74, 6) is 0.152. The van der Waals surface area contributed by atoms with Crippen LogP contribution in [-0.2, 0) is 11.2 Å². The number of benzene rings is 1. The first-order valence-electron chi connectivity index (χ1n) is 3.86. The van der Waals surface area contributed by atoms with Crippen LogP contribution in [0.25, 0.3) is 0 Å². The van der Waals surface area contributed by atoms with Crippen molar-refractivity contribution in [2.75, 3.05) is 6.61 Å². The van der Waals surface area contributed by atoms with Crippen molar-refractivity contribution >= 4 is 5.78 Å². The maximum atomic E-state index is 11.0. The Hall–Kier alpha value is -1.71. The van der Waals surface area contributed by atoms with Gasteiger partial charge in [-0.3, -0.25) is 4.79 Å². The molecule has 0 amide bonds. The van der Waals surface area contributed by atoms with Crippen LogP contribution < -0.4 is 4.74 Å². The average Bonchev–Trinajstić information content (AvgIpc) is 2.06. The molecule has 0 saturated heterocycles. The highest BCUT2D eigenvalue weighted by atomic mass is 16.5. The van der Waals surface area contributed by atoms with Crippen LogP contribution in [0.15, 0.2) is 12.1 Å². The minimum Gasteiger partial charge on any atom is -0.508 e. The summed E-state index contributed by atoms with van der Waals surface area (Å²) in [4.78, 5) is 11.0. The fourth-order valence-corrected chi connectivity index (χ4v) is 1.33. The molecule has 1 aromatic carbocycles. The smallest absolute Gasteiger partial charge is 0.174 e. The van der Waals surface area contributed by atoms with Gasteiger partial charge in [-0.05, 0) is 0 Å². The molecule has 0 unspecified atom stereocenters. The molecule has 1 aliphatic rings. The van der Waals surface area contributed by atoms with E-state index >= 15 is 0 Å². The van der Waals surface area contributed by atoms with Crippen LogP contribution in [0.1, 0.15) is 5.56 Å². The second-order valence-corrected chi connectivity index (χ2v) is 2.95. The van der Waals surface area contributed by atoms with E-state index in [-0.39, 0.29) is 30.3 Å². The predicted octanol–water partition coefficient (Wildman–Crippen LogP) is 0.602. The van der Waals surface area contributed by atoms with Crippen molar-refractivity contribution in [3.05, 3.63) is 17.7 Å². The van der Waals surface area contributed by atoms with Crippen LogP contribution in [0.3, 0.4) is 0 Å². The molecule has 1 aromatic rings. The quantitative estimate of drug-likeness (QED) is 0.613. The van der Waals surface area contributed by atoms with Crippen molar-refractivity contribution < 1.29 is 19.7 Å². The predicted molar refractivity (Wildman–Crippen MR) is 44.0 cm³/mol. The summed E-state index contributed by atoms with van der Waals surface area (Å²) in [5.41, 5.74) is 0.453. The maximum Gasteiger partial charge on any atom is 0.174 e. The second-order valence-electron chi connectivity index (χ2n) is 2.95. The van der Waals surface area contributed by atoms with E-state index in [0.29, 0.717) is 11.3 Å². The van der Waals surface area contributed by atoms with Crippen molar-refractivity contribution in [1.82, 2.24) is 0 Å². The molecule has 0 bridgehead atoms. The fourth-order valence-electron chi connectivity index (χ4n) is 1.33. The normalized spacial score (nSPS) is 14.9. The third-order valence-corrected chi connectivity index (χ3v) is 1.93. The molecule has 0 aromatic heterocycles. The number of ether oxygens (including phenoxy) is 1. The van der Waals surface area contributed by atoms with Gasteiger partial charge in [-0.1, -0.05) is 0 Å². The summed E-state index contributed by atoms with van der Waals surface area (Å²) >= 11 is 0. The monoisotopic (exact) mass is 180 g/mol. The molecule has 68 valence electrons. The van der Waals surface area contributed by atoms with Gasteiger partial charge in [-0.2, -0.15) is 0 Å². The Bertz CT molecular complexity index is 370. The first-order valence-corrected chi connectivity index (χ1v) is 3.86. The zero-order valence-electron chi connectivity index (χ0n) is 6.78. The summed E-state index contributed by atoms with van der Waals surface area (Å²) in [5, 5.41) is 18.5. The number of Topliss-reactive ketones (excluding diaryl/α,β-unsaturated/α-hetero) is 1. The molecule has 13 heavy (non-hydrogen) atoms. The van der Waals surface area contributed by atoms with E-state index in [0.717, 1.165) is 0 Å². The Labute approximate surface area is 74.4 Å². The molecule has 4 heteroatoms. The Balaban J connectivity index is 2.53. The molecule has 1 aliphatic heterocycles. The van der Waals surface area contributed by atoms with Crippen molar-refractivity contribution in [3.63, 3.8) is 0 Å². The number of phenols is 2. The Morgan fingerprint density at radius 3 is 2.85 bits per heavy atom. The van der Waals surface area contributed by atoms with Crippen LogP contribution in [0, 0.1) is 0 Å². The maximum absolute atomic E-state index is 11.0. The highest BCUT2D eigenvalue weighted by Gasteiger charge is 2.20. The number of rotatable bonds is 0. The number of fused-ring (bicyclic) bond motifs is 1. The summed E-state index contributed by atoms with van der Waals surface area (Å²) < 4.78 is 5.03. The van der Waals surface area contributed by atoms with Crippen molar-refractivity contribution in [2.45, 2.75) is 6.42 Å². The molecule has 0 fully saturated rings. The van der Waals surface area contributed by atoms with Gasteiger partial charge < -0.3 is 14.9 Å². The highest BCUT2D eigenvalue weighted by Crippen LogP contribution is 2.35. The number of carbonyl (C=O) groups is 1. The standard InChI is InChI=1S/C9H8O4/c10-5-2-8(12)7-1-6(11)4-13-9(7)3-5/h2-3,10,12H,1,4H2. The van der Waals surface area contributed by atoms with Crippen molar-refractivity contribution in [2.24, 2.45) is 0 Å². The number of aromatic hydroxyl groups is 2. The number of hydrogen-bond acceptors (Lipinski definition) is 4. The zero-order valence-corrected chi connectivity index (χ0v) is 6.78. The number of ketones is 1. The highest BCUT2D eigenvalue weighted by molar-refractivity contribution is 5.85. The number of phenolic OH excluding ortho intramolecular Hbond substituents is 2. The summed E-state index contributed by atoms with van der Waals surface area (Å²) in [6.45, 7) is 0.00981. The first kappa shape index (κ1) is 7.91. The molecule has 4 nitrogen and oxygen atoms in total. The van der Waals surface area contributed by atoms with Crippen LogP contribution in [0.5, 0.6) is 17.2 Å². The van der Waals surface area contributed by atoms with Crippen molar-refractivity contribution in [1.29, 1.82) is 0 Å². The summed E-state index contributed by atoms with van der Waals surface area (Å²) in [7, 11) is 0. The van der Waals surface area contributed by atoms with E-state index in [4.69, 9.17) is 9.84 Å². The first-order chi connectivity index (χ1) is 6.16. The van der Waals surface area contributed by atoms with E-state index in [9.17, 15) is 9.90 Å². The fraction of sp³-hybridized carbons (Fsp3) is 0.222. The minimum absolute atomic E-state index is 0.00981. The van der Waals surface area contributed by atoms with Gasteiger partial charge in [-0.25, -0.2) is 0 Å². The third kappa shape index (κ3) is 1.30. The Morgan fingerprint density at radius 2 is 2.08 bits per heavy atom. The van der Waals surface area contributed by atoms with Gasteiger partial charge in [0, 0.05) is 24.1 Å². The topological polar surface area (TPSA) is 66.8 Å². The number of hydrogen-bond donors (Lipinski definition) is 2. The van der Waals surface area contributed by atoms with Gasteiger partial charge in [0.25, 0.3) is 0 Å². The summed E-state index contributed by atoms with van der Waals surface area (Å²) in [6.07, 6.45) is 0.168. The molecule has 0 atom stereocenters. The molecule has 2 rings (SSSR count). The van der Waals surface area contributed by atoms with Gasteiger partial charge in [0.05, 0.1) is 0 Å². The van der Waals surface area contributed by atoms with Crippen molar-refractivity contribution in [3.8, 4) is 17.2 Å². The molecular formula is C9H8O4. The van der Waals surface area contributed by atoms with E-state index in [1.54, 1.807) is 0 Å². The van der Waals surface area contributed by atoms with E-state index in [2.05, 4.69) is 0 Å². The molecule has 0 saturated carbocycles. The van der Waals surface area contributed by atoms with Gasteiger partial charge >= 0.3 is 0 Å². The molecule has 1 heterocycles. The zero-order chi connectivity index (χ0) is 9.42. The average molecular weight is 180 g/mol. The Morgan fingerprint density at radius 1 is 1.31 bits per heavy atom. The molecule has 0 radical (unpaired) electrons. The lowest BCUT2D eigenvalue weighted by Crippen LogP contribution is -2.20. The van der Waals surface area contributed by atoms with Crippen LogP contribution >= 0.6 is 0 Å². The largest absolute Gasteiger partial charge is 0.508 e.